The molecule has 0 aliphatic rings. The van der Waals surface area contributed by atoms with Gasteiger partial charge in [-0.05, 0) is 40.7 Å². The van der Waals surface area contributed by atoms with E-state index >= 15 is 0 Å². The summed E-state index contributed by atoms with van der Waals surface area (Å²) in [5.41, 5.74) is 19.7. The maximum Gasteiger partial charge on any atom is 0.0711 e. The Kier molecular flexibility index (Phi) is 5.82. The summed E-state index contributed by atoms with van der Waals surface area (Å²) in [6.07, 6.45) is 0.918. The van der Waals surface area contributed by atoms with E-state index < -0.39 is 0 Å². The van der Waals surface area contributed by atoms with Crippen molar-refractivity contribution in [1.82, 2.24) is 4.98 Å². The van der Waals surface area contributed by atoms with Crippen LogP contribution in [0.25, 0.3) is 22.4 Å². The van der Waals surface area contributed by atoms with Crippen LogP contribution in [0.4, 0.5) is 0 Å². The highest BCUT2D eigenvalue weighted by Gasteiger charge is 2.15. The number of nitrogens with zero attached hydrogens (tertiary/aromatic N) is 1. The van der Waals surface area contributed by atoms with E-state index in [0.29, 0.717) is 19.0 Å². The molecule has 0 unspecified atom stereocenters. The molecule has 3 nitrogen and oxygen atoms in total. The number of hydrogen-bond donors (Lipinski definition) is 2. The van der Waals surface area contributed by atoms with Gasteiger partial charge in [0.15, 0.2) is 0 Å². The van der Waals surface area contributed by atoms with Gasteiger partial charge in [0.2, 0.25) is 0 Å². The number of pyridine rings is 1. The highest BCUT2D eigenvalue weighted by Crippen LogP contribution is 2.31. The smallest absolute Gasteiger partial charge is 0.0711 e. The lowest BCUT2D eigenvalue weighted by molar-refractivity contribution is 0.630. The zero-order chi connectivity index (χ0) is 18.5. The van der Waals surface area contributed by atoms with Gasteiger partial charge >= 0.3 is 0 Å². The van der Waals surface area contributed by atoms with Gasteiger partial charge in [-0.2, -0.15) is 0 Å². The number of benzene rings is 2. The average molecular weight is 345 g/mol. The van der Waals surface area contributed by atoms with Crippen molar-refractivity contribution < 1.29 is 0 Å². The molecule has 0 saturated carbocycles. The van der Waals surface area contributed by atoms with Crippen molar-refractivity contribution in [3.05, 3.63) is 77.5 Å². The van der Waals surface area contributed by atoms with E-state index in [2.05, 4.69) is 56.3 Å². The molecule has 0 aliphatic carbocycles. The maximum absolute atomic E-state index is 6.15. The minimum absolute atomic E-state index is 0.484. The number of nitrogens with two attached hydrogens (primary N) is 2. The first-order chi connectivity index (χ1) is 12.6. The average Bonchev–Trinajstić information content (AvgIpc) is 2.67. The van der Waals surface area contributed by atoms with E-state index in [9.17, 15) is 0 Å². The third-order valence-electron chi connectivity index (χ3n) is 4.59. The second-order valence-electron chi connectivity index (χ2n) is 7.05. The standard InChI is InChI=1S/C23H27N3/c1-16(2)12-23-21(15-25)20(18-10-8-17(14-24)9-11-18)13-22(26-23)19-6-4-3-5-7-19/h3-11,13,16H,12,14-15,24-25H2,1-2H3. The first kappa shape index (κ1) is 18.3. The van der Waals surface area contributed by atoms with Gasteiger partial charge in [-0.25, -0.2) is 0 Å². The van der Waals surface area contributed by atoms with Gasteiger partial charge in [0.1, 0.15) is 0 Å². The molecular weight excluding hydrogens is 318 g/mol. The predicted molar refractivity (Wildman–Crippen MR) is 109 cm³/mol. The van der Waals surface area contributed by atoms with Crippen LogP contribution in [0.2, 0.25) is 0 Å². The Morgan fingerprint density at radius 2 is 1.54 bits per heavy atom. The van der Waals surface area contributed by atoms with Crippen LogP contribution in [-0.2, 0) is 19.5 Å². The van der Waals surface area contributed by atoms with Crippen molar-refractivity contribution in [2.75, 3.05) is 0 Å². The molecule has 0 spiro atoms. The molecule has 0 aliphatic heterocycles. The highest BCUT2D eigenvalue weighted by atomic mass is 14.7. The van der Waals surface area contributed by atoms with E-state index in [1.54, 1.807) is 0 Å². The van der Waals surface area contributed by atoms with Crippen LogP contribution in [0.15, 0.2) is 60.7 Å². The van der Waals surface area contributed by atoms with Crippen LogP contribution in [-0.4, -0.2) is 4.98 Å². The lowest BCUT2D eigenvalue weighted by Crippen LogP contribution is -2.10. The van der Waals surface area contributed by atoms with Gasteiger partial charge in [0.25, 0.3) is 0 Å². The predicted octanol–water partition coefficient (Wildman–Crippen LogP) is 4.53. The molecule has 0 saturated heterocycles. The number of rotatable bonds is 6. The molecule has 3 rings (SSSR count). The van der Waals surface area contributed by atoms with Crippen molar-refractivity contribution in [1.29, 1.82) is 0 Å². The summed E-state index contributed by atoms with van der Waals surface area (Å²) in [5, 5.41) is 0. The minimum Gasteiger partial charge on any atom is -0.326 e. The molecule has 3 heteroatoms. The monoisotopic (exact) mass is 345 g/mol. The SMILES string of the molecule is CC(C)Cc1nc(-c2ccccc2)cc(-c2ccc(CN)cc2)c1CN. The van der Waals surface area contributed by atoms with E-state index in [4.69, 9.17) is 16.5 Å². The zero-order valence-electron chi connectivity index (χ0n) is 15.6. The summed E-state index contributed by atoms with van der Waals surface area (Å²) in [6.45, 7) is 5.46. The van der Waals surface area contributed by atoms with Crippen molar-refractivity contribution in [3.63, 3.8) is 0 Å². The largest absolute Gasteiger partial charge is 0.326 e. The van der Waals surface area contributed by atoms with Gasteiger partial charge < -0.3 is 11.5 Å². The topological polar surface area (TPSA) is 64.9 Å². The van der Waals surface area contributed by atoms with Crippen molar-refractivity contribution in [3.8, 4) is 22.4 Å². The quantitative estimate of drug-likeness (QED) is 0.690. The molecule has 0 fully saturated rings. The van der Waals surface area contributed by atoms with E-state index in [0.717, 1.165) is 40.1 Å². The Balaban J connectivity index is 2.19. The van der Waals surface area contributed by atoms with Gasteiger partial charge in [-0.15, -0.1) is 0 Å². The third kappa shape index (κ3) is 4.01. The van der Waals surface area contributed by atoms with Crippen molar-refractivity contribution >= 4 is 0 Å². The molecule has 1 heterocycles. The van der Waals surface area contributed by atoms with Gasteiger partial charge in [0.05, 0.1) is 5.69 Å². The molecule has 134 valence electrons. The lowest BCUT2D eigenvalue weighted by Gasteiger charge is -2.17. The van der Waals surface area contributed by atoms with Crippen LogP contribution in [0.3, 0.4) is 0 Å². The molecule has 1 aromatic heterocycles. The van der Waals surface area contributed by atoms with Crippen LogP contribution in [0.1, 0.15) is 30.7 Å². The molecule has 3 aromatic rings. The van der Waals surface area contributed by atoms with Gasteiger partial charge in [-0.1, -0.05) is 68.4 Å². The summed E-state index contributed by atoms with van der Waals surface area (Å²) in [4.78, 5) is 4.97. The van der Waals surface area contributed by atoms with Crippen LogP contribution in [0, 0.1) is 5.92 Å². The molecule has 0 atom stereocenters. The Labute approximate surface area is 156 Å². The van der Waals surface area contributed by atoms with E-state index in [1.165, 1.54) is 5.56 Å². The van der Waals surface area contributed by atoms with Crippen molar-refractivity contribution in [2.45, 2.75) is 33.4 Å². The zero-order valence-corrected chi connectivity index (χ0v) is 15.6. The summed E-state index contributed by atoms with van der Waals surface area (Å²) in [7, 11) is 0. The molecular formula is C23H27N3. The molecule has 26 heavy (non-hydrogen) atoms. The second-order valence-corrected chi connectivity index (χ2v) is 7.05. The van der Waals surface area contributed by atoms with E-state index in [1.807, 2.05) is 18.2 Å². The Morgan fingerprint density at radius 3 is 2.12 bits per heavy atom. The van der Waals surface area contributed by atoms with Crippen LogP contribution < -0.4 is 11.5 Å². The fraction of sp³-hybridized carbons (Fsp3) is 0.261. The third-order valence-corrected chi connectivity index (χ3v) is 4.59. The van der Waals surface area contributed by atoms with Crippen LogP contribution in [0.5, 0.6) is 0 Å². The van der Waals surface area contributed by atoms with Gasteiger partial charge in [0, 0.05) is 24.3 Å². The van der Waals surface area contributed by atoms with Gasteiger partial charge in [-0.3, -0.25) is 4.98 Å². The summed E-state index contributed by atoms with van der Waals surface area (Å²) in [6, 6.07) is 20.9. The normalized spacial score (nSPS) is 11.1. The minimum atomic E-state index is 0.484. The number of hydrogen-bond acceptors (Lipinski definition) is 3. The van der Waals surface area contributed by atoms with Crippen LogP contribution >= 0.6 is 0 Å². The molecule has 0 bridgehead atoms. The van der Waals surface area contributed by atoms with Crippen molar-refractivity contribution in [2.24, 2.45) is 17.4 Å². The maximum atomic E-state index is 6.15. The summed E-state index contributed by atoms with van der Waals surface area (Å²) < 4.78 is 0. The van der Waals surface area contributed by atoms with E-state index in [-0.39, 0.29) is 0 Å². The fourth-order valence-corrected chi connectivity index (χ4v) is 3.24. The summed E-state index contributed by atoms with van der Waals surface area (Å²) in [5.74, 6) is 0.520. The Bertz CT molecular complexity index is 853. The Hall–Kier alpha value is -2.49. The molecule has 0 amide bonds. The molecule has 0 radical (unpaired) electrons. The second kappa shape index (κ2) is 8.26. The first-order valence-corrected chi connectivity index (χ1v) is 9.20. The fourth-order valence-electron chi connectivity index (χ4n) is 3.24. The summed E-state index contributed by atoms with van der Waals surface area (Å²) >= 11 is 0. The Morgan fingerprint density at radius 1 is 0.846 bits per heavy atom. The first-order valence-electron chi connectivity index (χ1n) is 9.20. The molecule has 2 aromatic carbocycles. The lowest BCUT2D eigenvalue weighted by atomic mass is 9.93. The number of aromatic nitrogens is 1. The molecule has 4 N–H and O–H groups in total. The highest BCUT2D eigenvalue weighted by molar-refractivity contribution is 5.74.